The number of rotatable bonds is 14. The van der Waals surface area contributed by atoms with Crippen LogP contribution in [0.25, 0.3) is 0 Å². The number of aromatic nitrogens is 2. The highest BCUT2D eigenvalue weighted by Gasteiger charge is 2.06. The molecule has 0 fully saturated rings. The number of thiazole rings is 2. The lowest BCUT2D eigenvalue weighted by atomic mass is 10.1. The smallest absolute Gasteiger partial charge is 0.264 e. The molecule has 208 valence electrons. The van der Waals surface area contributed by atoms with Gasteiger partial charge in [-0.15, -0.1) is 45.3 Å². The Balaban J connectivity index is 0.000000215. The molecule has 0 aliphatic rings. The van der Waals surface area contributed by atoms with Crippen LogP contribution >= 0.6 is 45.3 Å². The van der Waals surface area contributed by atoms with Gasteiger partial charge in [-0.2, -0.15) is 8.42 Å². The van der Waals surface area contributed by atoms with Gasteiger partial charge in [0.2, 0.25) is 0 Å². The van der Waals surface area contributed by atoms with E-state index in [9.17, 15) is 8.42 Å². The van der Waals surface area contributed by atoms with Crippen LogP contribution in [0.1, 0.15) is 55.1 Å². The average molecular weight is 613 g/mol. The van der Waals surface area contributed by atoms with Crippen molar-refractivity contribution in [3.8, 4) is 0 Å². The molecule has 0 radical (unpaired) electrons. The second kappa shape index (κ2) is 16.0. The first-order valence-electron chi connectivity index (χ1n) is 12.6. The molecule has 4 aromatic heterocycles. The van der Waals surface area contributed by atoms with Gasteiger partial charge in [0.05, 0.1) is 34.3 Å². The van der Waals surface area contributed by atoms with Crippen LogP contribution in [0.5, 0.6) is 0 Å². The minimum absolute atomic E-state index is 0.254. The summed E-state index contributed by atoms with van der Waals surface area (Å²) < 4.78 is 26.4. The van der Waals surface area contributed by atoms with E-state index in [-0.39, 0.29) is 13.2 Å². The maximum absolute atomic E-state index is 10.8. The molecular formula is C27H36N2O4S5. The van der Waals surface area contributed by atoms with Gasteiger partial charge in [0, 0.05) is 27.1 Å². The minimum atomic E-state index is -3.31. The fourth-order valence-corrected chi connectivity index (χ4v) is 7.33. The van der Waals surface area contributed by atoms with Crippen LogP contribution in [0.15, 0.2) is 33.7 Å². The number of aliphatic hydroxyl groups is 1. The van der Waals surface area contributed by atoms with Crippen molar-refractivity contribution in [3.05, 3.63) is 75.9 Å². The van der Waals surface area contributed by atoms with Gasteiger partial charge in [-0.1, -0.05) is 0 Å². The van der Waals surface area contributed by atoms with Gasteiger partial charge in [0.25, 0.3) is 10.1 Å². The minimum Gasteiger partial charge on any atom is -0.396 e. The van der Waals surface area contributed by atoms with Crippen molar-refractivity contribution in [1.29, 1.82) is 0 Å². The number of aryl methyl sites for hydroxylation is 8. The Morgan fingerprint density at radius 2 is 1.24 bits per heavy atom. The predicted octanol–water partition coefficient (Wildman–Crippen LogP) is 6.43. The van der Waals surface area contributed by atoms with Gasteiger partial charge in [-0.05, 0) is 99.2 Å². The Morgan fingerprint density at radius 3 is 1.66 bits per heavy atom. The van der Waals surface area contributed by atoms with E-state index in [2.05, 4.69) is 43.6 Å². The molecule has 6 nitrogen and oxygen atoms in total. The zero-order valence-electron chi connectivity index (χ0n) is 22.1. The monoisotopic (exact) mass is 612 g/mol. The van der Waals surface area contributed by atoms with E-state index in [1.54, 1.807) is 45.3 Å². The Bertz CT molecular complexity index is 1340. The number of thiophene rings is 2. The molecule has 4 rings (SSSR count). The first-order valence-corrected chi connectivity index (χ1v) is 17.9. The van der Waals surface area contributed by atoms with Crippen molar-refractivity contribution in [2.75, 3.05) is 19.5 Å². The zero-order valence-corrected chi connectivity index (χ0v) is 26.2. The summed E-state index contributed by atoms with van der Waals surface area (Å²) in [6.45, 7) is 4.61. The maximum Gasteiger partial charge on any atom is 0.264 e. The Morgan fingerprint density at radius 1 is 0.737 bits per heavy atom. The average Bonchev–Trinajstić information content (AvgIpc) is 3.67. The van der Waals surface area contributed by atoms with Crippen LogP contribution in [0.3, 0.4) is 0 Å². The summed E-state index contributed by atoms with van der Waals surface area (Å²) in [5.74, 6) is 0. The highest BCUT2D eigenvalue weighted by atomic mass is 32.2. The first kappa shape index (κ1) is 31.1. The summed E-state index contributed by atoms with van der Waals surface area (Å²) in [6.07, 6.45) is 8.59. The largest absolute Gasteiger partial charge is 0.396 e. The van der Waals surface area contributed by atoms with E-state index in [1.807, 2.05) is 13.8 Å². The zero-order chi connectivity index (χ0) is 27.4. The van der Waals surface area contributed by atoms with E-state index in [0.717, 1.165) is 73.3 Å². The summed E-state index contributed by atoms with van der Waals surface area (Å²) in [7, 11) is -3.31. The summed E-state index contributed by atoms with van der Waals surface area (Å²) >= 11 is 6.93. The van der Waals surface area contributed by atoms with E-state index in [1.165, 1.54) is 26.6 Å². The second-order valence-corrected chi connectivity index (χ2v) is 14.8. The van der Waals surface area contributed by atoms with Crippen molar-refractivity contribution < 1.29 is 17.7 Å². The summed E-state index contributed by atoms with van der Waals surface area (Å²) in [5.41, 5.74) is 5.08. The number of hydrogen-bond acceptors (Lipinski definition) is 10. The van der Waals surface area contributed by atoms with Gasteiger partial charge in [0.15, 0.2) is 0 Å². The normalized spacial score (nSPS) is 11.5. The highest BCUT2D eigenvalue weighted by molar-refractivity contribution is 7.85. The van der Waals surface area contributed by atoms with E-state index < -0.39 is 10.1 Å². The van der Waals surface area contributed by atoms with Crippen molar-refractivity contribution in [1.82, 2.24) is 9.97 Å². The van der Waals surface area contributed by atoms with Gasteiger partial charge >= 0.3 is 0 Å². The topological polar surface area (TPSA) is 89.4 Å². The summed E-state index contributed by atoms with van der Waals surface area (Å²) in [6, 6.07) is 4.46. The molecule has 11 heteroatoms. The molecule has 1 N–H and O–H groups in total. The third-order valence-electron chi connectivity index (χ3n) is 5.54. The van der Waals surface area contributed by atoms with Gasteiger partial charge in [-0.25, -0.2) is 9.97 Å². The fraction of sp³-hybridized carbons (Fsp3) is 0.481. The standard InChI is InChI=1S/C14H19NO3S3.C13H17NOS2/c1-11-15-13(10-19-11)6-5-12-8-14(20-9-12)4-3-7-18-21(2,16)17;1-10-14-12(9-16-10)5-4-11-7-13(17-8-11)3-2-6-15/h8-10H,3-7H2,1-2H3;7-9,15H,2-6H2,1H3. The Hall–Kier alpha value is -1.47. The highest BCUT2D eigenvalue weighted by Crippen LogP contribution is 2.20. The second-order valence-electron chi connectivity index (χ2n) is 9.02. The first-order chi connectivity index (χ1) is 18.2. The molecule has 0 atom stereocenters. The van der Waals surface area contributed by atoms with E-state index >= 15 is 0 Å². The molecule has 0 unspecified atom stereocenters. The van der Waals surface area contributed by atoms with Crippen molar-refractivity contribution >= 4 is 55.5 Å². The predicted molar refractivity (Wildman–Crippen MR) is 162 cm³/mol. The third kappa shape index (κ3) is 12.1. The van der Waals surface area contributed by atoms with Crippen LogP contribution in [0.4, 0.5) is 0 Å². The van der Waals surface area contributed by atoms with E-state index in [0.29, 0.717) is 0 Å². The quantitative estimate of drug-likeness (QED) is 0.130. The van der Waals surface area contributed by atoms with Crippen LogP contribution in [-0.2, 0) is 52.8 Å². The van der Waals surface area contributed by atoms with Crippen LogP contribution < -0.4 is 0 Å². The molecule has 0 bridgehead atoms. The lowest BCUT2D eigenvalue weighted by Crippen LogP contribution is -2.04. The molecule has 0 aliphatic carbocycles. The number of nitrogens with zero attached hydrogens (tertiary/aromatic N) is 2. The fourth-order valence-electron chi connectivity index (χ4n) is 3.68. The molecule has 0 saturated carbocycles. The summed E-state index contributed by atoms with van der Waals surface area (Å²) in [5, 5.41) is 19.7. The van der Waals surface area contributed by atoms with Crippen LogP contribution in [0, 0.1) is 13.8 Å². The lowest BCUT2D eigenvalue weighted by molar-refractivity contribution is 0.289. The van der Waals surface area contributed by atoms with E-state index in [4.69, 9.17) is 9.29 Å². The van der Waals surface area contributed by atoms with Crippen LogP contribution in [0.2, 0.25) is 0 Å². The molecule has 0 amide bonds. The Labute approximate surface area is 242 Å². The molecule has 38 heavy (non-hydrogen) atoms. The maximum atomic E-state index is 10.8. The van der Waals surface area contributed by atoms with Crippen LogP contribution in [-0.4, -0.2) is 43.0 Å². The molecule has 0 aromatic carbocycles. The third-order valence-corrected chi connectivity index (χ3v) is 9.87. The van der Waals surface area contributed by atoms with Crippen molar-refractivity contribution in [2.24, 2.45) is 0 Å². The van der Waals surface area contributed by atoms with Gasteiger partial charge in [-0.3, -0.25) is 4.18 Å². The molecule has 0 spiro atoms. The number of aliphatic hydroxyl groups excluding tert-OH is 1. The molecular weight excluding hydrogens is 577 g/mol. The summed E-state index contributed by atoms with van der Waals surface area (Å²) in [4.78, 5) is 11.6. The molecule has 4 heterocycles. The Kier molecular flexibility index (Phi) is 13.0. The van der Waals surface area contributed by atoms with Crippen molar-refractivity contribution in [3.63, 3.8) is 0 Å². The van der Waals surface area contributed by atoms with Gasteiger partial charge < -0.3 is 5.11 Å². The number of hydrogen-bond donors (Lipinski definition) is 1. The molecule has 0 aliphatic heterocycles. The van der Waals surface area contributed by atoms with Crippen molar-refractivity contribution in [2.45, 2.75) is 65.2 Å². The molecule has 0 saturated heterocycles. The SMILES string of the molecule is Cc1nc(CCc2csc(CCCO)c2)cs1.Cc1nc(CCc2csc(CCCOS(C)(=O)=O)c2)cs1. The molecule has 4 aromatic rings. The van der Waals surface area contributed by atoms with Gasteiger partial charge in [0.1, 0.15) is 0 Å². The lowest BCUT2D eigenvalue weighted by Gasteiger charge is -1.99.